The summed E-state index contributed by atoms with van der Waals surface area (Å²) in [6, 6.07) is 4.23. The lowest BCUT2D eigenvalue weighted by atomic mass is 10.1. The van der Waals surface area contributed by atoms with Crippen LogP contribution in [0.3, 0.4) is 0 Å². The van der Waals surface area contributed by atoms with Gasteiger partial charge in [0.05, 0.1) is 17.0 Å². The zero-order valence-electron chi connectivity index (χ0n) is 11.3. The van der Waals surface area contributed by atoms with Gasteiger partial charge in [-0.2, -0.15) is 8.78 Å². The maximum atomic E-state index is 14.6. The quantitative estimate of drug-likeness (QED) is 0.306. The summed E-state index contributed by atoms with van der Waals surface area (Å²) >= 11 is 9.66. The van der Waals surface area contributed by atoms with Crippen LogP contribution in [0.4, 0.5) is 8.78 Å². The van der Waals surface area contributed by atoms with Crippen LogP contribution in [0, 0.1) is 0 Å². The molecule has 120 valence electrons. The van der Waals surface area contributed by atoms with Crippen molar-refractivity contribution >= 4 is 55.4 Å². The molecule has 0 unspecified atom stereocenters. The third-order valence-corrected chi connectivity index (χ3v) is 6.35. The van der Waals surface area contributed by atoms with E-state index in [4.69, 9.17) is 9.05 Å². The van der Waals surface area contributed by atoms with E-state index in [1.807, 2.05) is 0 Å². The molecule has 0 bridgehead atoms. The van der Waals surface area contributed by atoms with Crippen LogP contribution in [0.2, 0.25) is 0 Å². The number of benzene rings is 1. The molecule has 1 aromatic carbocycles. The largest absolute Gasteiger partial charge is 0.404 e. The minimum Gasteiger partial charge on any atom is -0.304 e. The minimum absolute atomic E-state index is 0.132. The lowest BCUT2D eigenvalue weighted by molar-refractivity contribution is 0.0354. The maximum Gasteiger partial charge on any atom is 0.404 e. The number of hydrogen-bond acceptors (Lipinski definition) is 3. The molecule has 3 nitrogen and oxygen atoms in total. The maximum absolute atomic E-state index is 14.6. The van der Waals surface area contributed by atoms with Gasteiger partial charge in [-0.1, -0.05) is 59.9 Å². The summed E-state index contributed by atoms with van der Waals surface area (Å²) in [4.78, 5) is 0. The van der Waals surface area contributed by atoms with Gasteiger partial charge in [0.25, 0.3) is 0 Å². The first kappa shape index (κ1) is 19.7. The first-order valence-corrected chi connectivity index (χ1v) is 10.2. The van der Waals surface area contributed by atoms with E-state index in [1.54, 1.807) is 0 Å². The highest BCUT2D eigenvalue weighted by Gasteiger charge is 2.55. The Morgan fingerprint density at radius 1 is 1.24 bits per heavy atom. The summed E-state index contributed by atoms with van der Waals surface area (Å²) in [7, 11) is -4.60. The fraction of sp³-hybridized carbons (Fsp3) is 0.500. The van der Waals surface area contributed by atoms with Crippen molar-refractivity contribution in [3.05, 3.63) is 33.8 Å². The summed E-state index contributed by atoms with van der Waals surface area (Å²) in [5.41, 5.74) is -3.44. The van der Waals surface area contributed by atoms with Crippen LogP contribution in [0.15, 0.2) is 22.7 Å². The van der Waals surface area contributed by atoms with Crippen LogP contribution in [0.5, 0.6) is 0 Å². The molecule has 0 atom stereocenters. The Morgan fingerprint density at radius 2 is 1.76 bits per heavy atom. The van der Waals surface area contributed by atoms with Gasteiger partial charge in [0, 0.05) is 10.0 Å². The number of rotatable bonds is 7. The van der Waals surface area contributed by atoms with Crippen molar-refractivity contribution in [3.8, 4) is 0 Å². The molecule has 0 spiro atoms. The fourth-order valence-electron chi connectivity index (χ4n) is 1.60. The Kier molecular flexibility index (Phi) is 7.49. The second kappa shape index (κ2) is 7.97. The predicted molar refractivity (Wildman–Crippen MR) is 89.5 cm³/mol. The Labute approximate surface area is 147 Å². The number of alkyl halides is 4. The van der Waals surface area contributed by atoms with Crippen molar-refractivity contribution in [2.45, 2.75) is 23.2 Å². The van der Waals surface area contributed by atoms with E-state index in [0.29, 0.717) is 0 Å². The van der Waals surface area contributed by atoms with Crippen molar-refractivity contribution in [1.82, 2.24) is 0 Å². The van der Waals surface area contributed by atoms with Crippen LogP contribution in [0.25, 0.3) is 0 Å². The molecule has 1 aromatic rings. The molecule has 0 heterocycles. The van der Waals surface area contributed by atoms with E-state index in [0.717, 1.165) is 5.56 Å². The van der Waals surface area contributed by atoms with Gasteiger partial charge in [0.1, 0.15) is 0 Å². The number of hydrogen-bond donors (Lipinski definition) is 0. The minimum atomic E-state index is -4.60. The average Bonchev–Trinajstić information content (AvgIpc) is 2.38. The first-order chi connectivity index (χ1) is 9.69. The molecule has 0 N–H and O–H groups in total. The van der Waals surface area contributed by atoms with E-state index in [9.17, 15) is 13.3 Å². The lowest BCUT2D eigenvalue weighted by Gasteiger charge is -2.26. The third kappa shape index (κ3) is 4.36. The molecule has 0 amide bonds. The van der Waals surface area contributed by atoms with Crippen molar-refractivity contribution in [3.63, 3.8) is 0 Å². The van der Waals surface area contributed by atoms with Crippen LogP contribution >= 0.6 is 55.4 Å². The van der Waals surface area contributed by atoms with Gasteiger partial charge >= 0.3 is 13.3 Å². The highest BCUT2D eigenvalue weighted by molar-refractivity contribution is 9.24. The molecule has 0 aliphatic rings. The molecule has 0 aromatic heterocycles. The monoisotopic (exact) mass is 512 g/mol. The van der Waals surface area contributed by atoms with Crippen molar-refractivity contribution in [2.24, 2.45) is 0 Å². The van der Waals surface area contributed by atoms with Crippen molar-refractivity contribution in [1.29, 1.82) is 0 Å². The molecule has 0 radical (unpaired) electrons. The third-order valence-electron chi connectivity index (χ3n) is 2.51. The SMILES string of the molecule is CCOP(=O)(OCC)C(F)(F)c1ccc(C(Br)Br)cc1Br. The summed E-state index contributed by atoms with van der Waals surface area (Å²) in [6.07, 6.45) is 0. The van der Waals surface area contributed by atoms with Gasteiger partial charge in [-0.25, -0.2) is 0 Å². The van der Waals surface area contributed by atoms with E-state index in [2.05, 4.69) is 47.8 Å². The van der Waals surface area contributed by atoms with Gasteiger partial charge in [-0.3, -0.25) is 4.57 Å². The van der Waals surface area contributed by atoms with Crippen LogP contribution in [0.1, 0.15) is 28.7 Å². The molecule has 0 fully saturated rings. The summed E-state index contributed by atoms with van der Waals surface area (Å²) in [5.74, 6) is 0. The van der Waals surface area contributed by atoms with Gasteiger partial charge in [0.2, 0.25) is 0 Å². The zero-order chi connectivity index (χ0) is 16.3. The highest BCUT2D eigenvalue weighted by Crippen LogP contribution is 2.67. The van der Waals surface area contributed by atoms with E-state index in [-0.39, 0.29) is 21.4 Å². The molecule has 21 heavy (non-hydrogen) atoms. The molecule has 0 aliphatic carbocycles. The Bertz CT molecular complexity index is 530. The van der Waals surface area contributed by atoms with Crippen LogP contribution in [-0.4, -0.2) is 13.2 Å². The topological polar surface area (TPSA) is 35.5 Å². The molecule has 9 heteroatoms. The zero-order valence-corrected chi connectivity index (χ0v) is 16.9. The molecule has 0 saturated heterocycles. The lowest BCUT2D eigenvalue weighted by Crippen LogP contribution is -2.19. The Hall–Kier alpha value is 0.670. The normalized spacial score (nSPS) is 13.0. The van der Waals surface area contributed by atoms with E-state index < -0.39 is 18.8 Å². The molecule has 0 saturated carbocycles. The average molecular weight is 515 g/mol. The van der Waals surface area contributed by atoms with E-state index >= 15 is 0 Å². The summed E-state index contributed by atoms with van der Waals surface area (Å²) in [5, 5.41) is 0. The van der Waals surface area contributed by atoms with Gasteiger partial charge in [-0.15, -0.1) is 0 Å². The van der Waals surface area contributed by atoms with Crippen LogP contribution < -0.4 is 0 Å². The summed E-state index contributed by atoms with van der Waals surface area (Å²) in [6.45, 7) is 2.71. The first-order valence-electron chi connectivity index (χ1n) is 6.04. The van der Waals surface area contributed by atoms with Crippen LogP contribution in [-0.2, 0) is 19.3 Å². The smallest absolute Gasteiger partial charge is 0.304 e. The van der Waals surface area contributed by atoms with Gasteiger partial charge in [0.15, 0.2) is 0 Å². The van der Waals surface area contributed by atoms with E-state index in [1.165, 1.54) is 32.0 Å². The fourth-order valence-corrected chi connectivity index (χ4v) is 4.53. The Balaban J connectivity index is 3.31. The highest BCUT2D eigenvalue weighted by atomic mass is 79.9. The van der Waals surface area contributed by atoms with Gasteiger partial charge < -0.3 is 9.05 Å². The Morgan fingerprint density at radius 3 is 2.14 bits per heavy atom. The second-order valence-corrected chi connectivity index (χ2v) is 9.90. The molecule has 1 rings (SSSR count). The standard InChI is InChI=1S/C12H14Br3F2O3P/c1-3-19-21(18,20-4-2)12(16,17)9-6-5-8(11(14)15)7-10(9)13/h5-7,11H,3-4H2,1-2H3. The number of halogens is 5. The second-order valence-electron chi connectivity index (χ2n) is 3.91. The van der Waals surface area contributed by atoms with Gasteiger partial charge in [-0.05, 0) is 25.5 Å². The molecular weight excluding hydrogens is 501 g/mol. The molecule has 0 aliphatic heterocycles. The summed E-state index contributed by atoms with van der Waals surface area (Å²) < 4.78 is 51.1. The van der Waals surface area contributed by atoms with Crippen molar-refractivity contribution < 1.29 is 22.4 Å². The predicted octanol–water partition coefficient (Wildman–Crippen LogP) is 6.55. The van der Waals surface area contributed by atoms with Crippen molar-refractivity contribution in [2.75, 3.05) is 13.2 Å². The molecular formula is C12H14Br3F2O3P.